The third-order valence-electron chi connectivity index (χ3n) is 6.12. The maximum absolute atomic E-state index is 12.6. The summed E-state index contributed by atoms with van der Waals surface area (Å²) in [6.07, 6.45) is 3.49. The maximum atomic E-state index is 12.6. The van der Waals surface area contributed by atoms with Gasteiger partial charge in [-0.25, -0.2) is 4.79 Å². The predicted octanol–water partition coefficient (Wildman–Crippen LogP) is 3.73. The molecule has 4 rings (SSSR count). The lowest BCUT2D eigenvalue weighted by molar-refractivity contribution is -0.126. The minimum Gasteiger partial charge on any atom is -0.336 e. The number of rotatable bonds is 4. The molecule has 3 heterocycles. The van der Waals surface area contributed by atoms with Crippen molar-refractivity contribution in [2.45, 2.75) is 57.4 Å². The van der Waals surface area contributed by atoms with Gasteiger partial charge in [0.05, 0.1) is 10.1 Å². The van der Waals surface area contributed by atoms with Gasteiger partial charge in [0.25, 0.3) is 0 Å². The molecule has 2 atom stereocenters. The van der Waals surface area contributed by atoms with Crippen molar-refractivity contribution in [3.8, 4) is 10.7 Å². The number of aromatic nitrogens is 3. The molecule has 3 amide bonds. The number of carbonyl (C=O) groups is 2. The Morgan fingerprint density at radius 1 is 1.37 bits per heavy atom. The first-order chi connectivity index (χ1) is 14.1. The quantitative estimate of drug-likeness (QED) is 0.723. The normalized spacial score (nSPS) is 20.2. The number of urea groups is 1. The van der Waals surface area contributed by atoms with Crippen molar-refractivity contribution < 1.29 is 9.59 Å². The van der Waals surface area contributed by atoms with E-state index in [9.17, 15) is 9.59 Å². The molecular formula is C21H29N5O2S2. The number of aryl methyl sites for hydroxylation is 1. The summed E-state index contributed by atoms with van der Waals surface area (Å²) in [6, 6.07) is 1.96. The molecule has 9 heteroatoms. The van der Waals surface area contributed by atoms with Crippen molar-refractivity contribution in [2.75, 3.05) is 13.1 Å². The number of thiophene rings is 1. The van der Waals surface area contributed by atoms with Gasteiger partial charge in [-0.1, -0.05) is 32.5 Å². The Bertz CT molecular complexity index is 975. The van der Waals surface area contributed by atoms with Crippen LogP contribution < -0.4 is 5.32 Å². The fourth-order valence-electron chi connectivity index (χ4n) is 4.12. The van der Waals surface area contributed by atoms with Crippen LogP contribution in [0.3, 0.4) is 0 Å². The summed E-state index contributed by atoms with van der Waals surface area (Å²) in [4.78, 5) is 28.2. The largest absolute Gasteiger partial charge is 0.336 e. The third-order valence-corrected chi connectivity index (χ3v) is 8.47. The number of hydrogen-bond donors (Lipinski definition) is 1. The van der Waals surface area contributed by atoms with Gasteiger partial charge in [-0.3, -0.25) is 9.69 Å². The minimum absolute atomic E-state index is 0.195. The molecule has 0 bridgehead atoms. The van der Waals surface area contributed by atoms with Gasteiger partial charge in [-0.05, 0) is 49.1 Å². The molecule has 0 aromatic carbocycles. The number of fused-ring (bicyclic) bond motifs is 1. The lowest BCUT2D eigenvalue weighted by atomic mass is 9.72. The molecule has 162 valence electrons. The van der Waals surface area contributed by atoms with Crippen molar-refractivity contribution in [1.29, 1.82) is 0 Å². The highest BCUT2D eigenvalue weighted by Crippen LogP contribution is 2.42. The Morgan fingerprint density at radius 2 is 2.13 bits per heavy atom. The van der Waals surface area contributed by atoms with Crippen LogP contribution in [0, 0.1) is 11.3 Å². The smallest absolute Gasteiger partial charge is 0.324 e. The van der Waals surface area contributed by atoms with Crippen LogP contribution in [0.4, 0.5) is 4.79 Å². The molecule has 30 heavy (non-hydrogen) atoms. The second kappa shape index (κ2) is 8.00. The summed E-state index contributed by atoms with van der Waals surface area (Å²) < 4.78 is 1.96. The molecule has 1 N–H and O–H groups in total. The van der Waals surface area contributed by atoms with Crippen LogP contribution in [-0.2, 0) is 24.7 Å². The van der Waals surface area contributed by atoms with E-state index >= 15 is 0 Å². The van der Waals surface area contributed by atoms with E-state index in [0.717, 1.165) is 23.5 Å². The predicted molar refractivity (Wildman–Crippen MR) is 120 cm³/mol. The monoisotopic (exact) mass is 447 g/mol. The fraction of sp³-hybridized carbons (Fsp3) is 0.619. The molecular weight excluding hydrogens is 418 g/mol. The first-order valence-corrected chi connectivity index (χ1v) is 12.1. The van der Waals surface area contributed by atoms with Gasteiger partial charge >= 0.3 is 6.03 Å². The Hall–Kier alpha value is -1.87. The average molecular weight is 448 g/mol. The molecule has 7 nitrogen and oxygen atoms in total. The van der Waals surface area contributed by atoms with Crippen LogP contribution in [0.15, 0.2) is 11.2 Å². The van der Waals surface area contributed by atoms with Crippen LogP contribution in [0.25, 0.3) is 10.7 Å². The van der Waals surface area contributed by atoms with Crippen molar-refractivity contribution in [3.63, 3.8) is 0 Å². The number of hydrogen-bond acceptors (Lipinski definition) is 6. The first-order valence-electron chi connectivity index (χ1n) is 10.4. The van der Waals surface area contributed by atoms with E-state index in [1.165, 1.54) is 33.5 Å². The van der Waals surface area contributed by atoms with Crippen molar-refractivity contribution >= 4 is 35.0 Å². The van der Waals surface area contributed by atoms with Crippen LogP contribution >= 0.6 is 23.1 Å². The van der Waals surface area contributed by atoms with E-state index in [1.54, 1.807) is 0 Å². The second-order valence-corrected chi connectivity index (χ2v) is 11.7. The van der Waals surface area contributed by atoms with Crippen LogP contribution in [-0.4, -0.2) is 49.9 Å². The van der Waals surface area contributed by atoms with Gasteiger partial charge in [-0.15, -0.1) is 21.5 Å². The van der Waals surface area contributed by atoms with Crippen LogP contribution in [0.2, 0.25) is 0 Å². The molecule has 2 unspecified atom stereocenters. The van der Waals surface area contributed by atoms with Gasteiger partial charge in [-0.2, -0.15) is 0 Å². The Balaban J connectivity index is 1.50. The van der Waals surface area contributed by atoms with Gasteiger partial charge in [0.2, 0.25) is 5.91 Å². The summed E-state index contributed by atoms with van der Waals surface area (Å²) in [5, 5.41) is 11.7. The lowest BCUT2D eigenvalue weighted by Crippen LogP contribution is -2.39. The Labute approximate surface area is 185 Å². The maximum Gasteiger partial charge on any atom is 0.324 e. The summed E-state index contributed by atoms with van der Waals surface area (Å²) in [5.41, 5.74) is 1.77. The van der Waals surface area contributed by atoms with E-state index in [4.69, 9.17) is 0 Å². The molecule has 0 radical (unpaired) electrons. The molecule has 1 saturated heterocycles. The van der Waals surface area contributed by atoms with Gasteiger partial charge in [0, 0.05) is 25.0 Å². The number of imide groups is 1. The zero-order chi connectivity index (χ0) is 21.6. The Morgan fingerprint density at radius 3 is 2.80 bits per heavy atom. The van der Waals surface area contributed by atoms with Crippen LogP contribution in [0.1, 0.15) is 44.6 Å². The minimum atomic E-state index is -0.409. The molecule has 1 aliphatic carbocycles. The van der Waals surface area contributed by atoms with E-state index in [1.807, 2.05) is 29.9 Å². The lowest BCUT2D eigenvalue weighted by Gasteiger charge is -2.33. The summed E-state index contributed by atoms with van der Waals surface area (Å²) >= 11 is 3.16. The van der Waals surface area contributed by atoms with E-state index in [-0.39, 0.29) is 11.9 Å². The number of carbonyl (C=O) groups excluding carboxylic acids is 2. The average Bonchev–Trinajstić information content (AvgIpc) is 3.38. The van der Waals surface area contributed by atoms with Gasteiger partial charge < -0.3 is 9.88 Å². The summed E-state index contributed by atoms with van der Waals surface area (Å²) in [7, 11) is 1.94. The molecule has 0 spiro atoms. The molecule has 2 aromatic heterocycles. The molecule has 2 aliphatic rings. The van der Waals surface area contributed by atoms with Crippen molar-refractivity contribution in [2.24, 2.45) is 18.4 Å². The topological polar surface area (TPSA) is 80.1 Å². The number of thioether (sulfide) groups is 1. The molecule has 1 fully saturated rings. The fourth-order valence-corrected chi connectivity index (χ4v) is 6.22. The summed E-state index contributed by atoms with van der Waals surface area (Å²) in [6.45, 7) is 9.73. The first kappa shape index (κ1) is 21.4. The van der Waals surface area contributed by atoms with E-state index in [2.05, 4.69) is 42.4 Å². The number of amides is 3. The number of nitrogens with one attached hydrogen (secondary N) is 1. The number of nitrogens with zero attached hydrogens (tertiary/aromatic N) is 4. The van der Waals surface area contributed by atoms with Crippen molar-refractivity contribution in [1.82, 2.24) is 25.0 Å². The molecule has 0 saturated carbocycles. The second-order valence-electron chi connectivity index (χ2n) is 9.21. The highest BCUT2D eigenvalue weighted by atomic mass is 32.2. The zero-order valence-electron chi connectivity index (χ0n) is 18.2. The van der Waals surface area contributed by atoms with Crippen molar-refractivity contribution in [3.05, 3.63) is 16.5 Å². The molecule has 2 aromatic rings. The van der Waals surface area contributed by atoms with Gasteiger partial charge in [0.1, 0.15) is 0 Å². The Kier molecular flexibility index (Phi) is 5.69. The molecule has 1 aliphatic heterocycles. The van der Waals surface area contributed by atoms with Crippen LogP contribution in [0.5, 0.6) is 0 Å². The standard InChI is InChI=1S/C21H29N5O2S2/c1-12(18(27)26-9-8-22-19(26)28)29-20-24-23-17(25(20)5)16-11-13-10-14(21(2,3)4)6-7-15(13)30-16/h11-12,14H,6-10H2,1-5H3,(H,22,28). The van der Waals surface area contributed by atoms with E-state index < -0.39 is 5.25 Å². The third kappa shape index (κ3) is 4.01. The zero-order valence-corrected chi connectivity index (χ0v) is 19.8. The van der Waals surface area contributed by atoms with Gasteiger partial charge in [0.15, 0.2) is 11.0 Å². The summed E-state index contributed by atoms with van der Waals surface area (Å²) in [5.74, 6) is 1.34. The SMILES string of the molecule is CC(Sc1nnc(-c2cc3c(s2)CCC(C(C)(C)C)C3)n1C)C(=O)N1CCNC1=O. The highest BCUT2D eigenvalue weighted by molar-refractivity contribution is 8.00. The highest BCUT2D eigenvalue weighted by Gasteiger charge is 2.32. The van der Waals surface area contributed by atoms with E-state index in [0.29, 0.717) is 29.6 Å².